The van der Waals surface area contributed by atoms with E-state index in [0.29, 0.717) is 0 Å². The zero-order chi connectivity index (χ0) is 33.0. The lowest BCUT2D eigenvalue weighted by molar-refractivity contribution is 0.415. The molecule has 0 unspecified atom stereocenters. The normalized spacial score (nSPS) is 12.2. The molecule has 6 aromatic rings. The molecule has 4 heteroatoms. The van der Waals surface area contributed by atoms with Crippen molar-refractivity contribution in [2.24, 2.45) is 0 Å². The van der Waals surface area contributed by atoms with Crippen molar-refractivity contribution in [1.29, 1.82) is 0 Å². The van der Waals surface area contributed by atoms with E-state index in [2.05, 4.69) is 121 Å². The molecule has 10 rings (SSSR count). The quantitative estimate of drug-likeness (QED) is 0.167. The first-order valence-electron chi connectivity index (χ1n) is 16.5. The van der Waals surface area contributed by atoms with Gasteiger partial charge in [0.25, 0.3) is 0 Å². The predicted octanol–water partition coefficient (Wildman–Crippen LogP) is 10.3. The second-order valence-corrected chi connectivity index (χ2v) is 12.2. The number of ether oxygens (including phenoxy) is 4. The molecule has 0 radical (unpaired) electrons. The van der Waals surface area contributed by atoms with Crippen molar-refractivity contribution < 1.29 is 18.9 Å². The fraction of sp³-hybridized carbons (Fsp3) is 0.182. The summed E-state index contributed by atoms with van der Waals surface area (Å²) in [4.78, 5) is 0. The van der Waals surface area contributed by atoms with E-state index in [1.807, 2.05) is 0 Å². The number of hydrogen-bond acceptors (Lipinski definition) is 4. The van der Waals surface area contributed by atoms with Crippen molar-refractivity contribution in [1.82, 2.24) is 0 Å². The Bertz CT molecular complexity index is 1720. The van der Waals surface area contributed by atoms with Crippen LogP contribution in [0.5, 0.6) is 23.0 Å². The lowest BCUT2D eigenvalue weighted by Gasteiger charge is -2.23. The Kier molecular flexibility index (Phi) is 8.89. The van der Waals surface area contributed by atoms with Gasteiger partial charge in [-0.15, -0.1) is 0 Å². The summed E-state index contributed by atoms with van der Waals surface area (Å²) in [5.41, 5.74) is 15.2. The van der Waals surface area contributed by atoms with Crippen molar-refractivity contribution in [2.45, 2.75) is 25.7 Å². The van der Waals surface area contributed by atoms with E-state index in [1.165, 1.54) is 66.8 Å². The van der Waals surface area contributed by atoms with Crippen molar-refractivity contribution in [3.8, 4) is 67.5 Å². The summed E-state index contributed by atoms with van der Waals surface area (Å²) in [7, 11) is 6.86. The van der Waals surface area contributed by atoms with Crippen molar-refractivity contribution in [2.75, 3.05) is 28.4 Å². The summed E-state index contributed by atoms with van der Waals surface area (Å²) in [6.07, 6.45) is 3.54. The molecular weight excluding hydrogens is 592 g/mol. The third-order valence-electron chi connectivity index (χ3n) is 9.59. The van der Waals surface area contributed by atoms with Crippen LogP contribution in [0.1, 0.15) is 22.3 Å². The standard InChI is InChI=1S/C44H40O4/c1-45-37-17-9-29(10-18-37)41-25-34-7-8-36-28-43(31-13-21-39(47-3)22-14-31)35(27-44(36)32-15-23-40(48-4)24-16-32)6-5-33(41)26-42(34)30-11-19-38(46-2)20-12-30/h9-28H,5-8H2,1-4H3. The highest BCUT2D eigenvalue weighted by atomic mass is 16.5. The highest BCUT2D eigenvalue weighted by Gasteiger charge is 2.20. The SMILES string of the molecule is COc1ccc(-c2cc3c(-c4ccc(OC)cc4)cc2CCc2cc(-c4ccc(OC)cc4)c(cc2-c2ccc(OC)cc2)CC3)cc1. The highest BCUT2D eigenvalue weighted by Crippen LogP contribution is 2.40. The van der Waals surface area contributed by atoms with E-state index in [-0.39, 0.29) is 0 Å². The minimum Gasteiger partial charge on any atom is -0.497 e. The smallest absolute Gasteiger partial charge is 0.118 e. The minimum atomic E-state index is 0.861. The van der Waals surface area contributed by atoms with Crippen LogP contribution in [0, 0.1) is 0 Å². The molecule has 240 valence electrons. The first-order valence-corrected chi connectivity index (χ1v) is 16.5. The second-order valence-electron chi connectivity index (χ2n) is 12.2. The van der Waals surface area contributed by atoms with E-state index >= 15 is 0 Å². The molecule has 4 nitrogen and oxygen atoms in total. The molecule has 0 spiro atoms. The molecule has 0 saturated heterocycles. The topological polar surface area (TPSA) is 36.9 Å². The molecule has 48 heavy (non-hydrogen) atoms. The monoisotopic (exact) mass is 632 g/mol. The summed E-state index contributed by atoms with van der Waals surface area (Å²) in [5, 5.41) is 0. The molecule has 0 N–H and O–H groups in total. The van der Waals surface area contributed by atoms with Crippen LogP contribution in [-0.4, -0.2) is 28.4 Å². The third-order valence-corrected chi connectivity index (χ3v) is 9.59. The Morgan fingerprint density at radius 3 is 0.646 bits per heavy atom. The first-order chi connectivity index (χ1) is 23.6. The Hall–Kier alpha value is -5.48. The molecular formula is C44H40O4. The molecule has 0 aromatic heterocycles. The highest BCUT2D eigenvalue weighted by molar-refractivity contribution is 5.80. The lowest BCUT2D eigenvalue weighted by atomic mass is 9.82. The van der Waals surface area contributed by atoms with E-state index in [9.17, 15) is 0 Å². The van der Waals surface area contributed by atoms with E-state index < -0.39 is 0 Å². The molecule has 0 atom stereocenters. The van der Waals surface area contributed by atoms with Crippen molar-refractivity contribution in [3.05, 3.63) is 144 Å². The summed E-state index contributed by atoms with van der Waals surface area (Å²) >= 11 is 0. The van der Waals surface area contributed by atoms with Crippen LogP contribution in [0.4, 0.5) is 0 Å². The largest absolute Gasteiger partial charge is 0.497 e. The van der Waals surface area contributed by atoms with E-state index in [4.69, 9.17) is 18.9 Å². The molecule has 0 heterocycles. The van der Waals surface area contributed by atoms with Gasteiger partial charge in [0.2, 0.25) is 0 Å². The molecule has 4 aliphatic carbocycles. The zero-order valence-corrected chi connectivity index (χ0v) is 28.0. The van der Waals surface area contributed by atoms with Crippen molar-refractivity contribution in [3.63, 3.8) is 0 Å². The van der Waals surface area contributed by atoms with Gasteiger partial charge in [0.1, 0.15) is 23.0 Å². The number of methoxy groups -OCH3 is 4. The summed E-state index contributed by atoms with van der Waals surface area (Å²) < 4.78 is 22.0. The Balaban J connectivity index is 1.41. The molecule has 0 amide bonds. The van der Waals surface area contributed by atoms with Gasteiger partial charge in [0.15, 0.2) is 0 Å². The Labute approximate surface area is 283 Å². The van der Waals surface area contributed by atoms with E-state index in [0.717, 1.165) is 48.7 Å². The summed E-state index contributed by atoms with van der Waals surface area (Å²) in [6, 6.07) is 43.6. The maximum atomic E-state index is 5.50. The lowest BCUT2D eigenvalue weighted by Crippen LogP contribution is -2.06. The molecule has 0 saturated carbocycles. The van der Waals surface area contributed by atoms with Gasteiger partial charge in [-0.25, -0.2) is 0 Å². The summed E-state index contributed by atoms with van der Waals surface area (Å²) in [5.74, 6) is 3.44. The number of benzene rings is 6. The zero-order valence-electron chi connectivity index (χ0n) is 28.0. The molecule has 0 aliphatic heterocycles. The van der Waals surface area contributed by atoms with Crippen LogP contribution < -0.4 is 18.9 Å². The molecule has 4 bridgehead atoms. The minimum absolute atomic E-state index is 0.861. The maximum absolute atomic E-state index is 5.50. The van der Waals surface area contributed by atoms with Crippen molar-refractivity contribution >= 4 is 0 Å². The first kappa shape index (κ1) is 31.1. The van der Waals surface area contributed by atoms with Gasteiger partial charge < -0.3 is 18.9 Å². The van der Waals surface area contributed by atoms with Gasteiger partial charge in [-0.2, -0.15) is 0 Å². The fourth-order valence-corrected chi connectivity index (χ4v) is 6.90. The van der Waals surface area contributed by atoms with Crippen LogP contribution in [0.3, 0.4) is 0 Å². The molecule has 4 aliphatic rings. The number of aryl methyl sites for hydroxylation is 4. The third kappa shape index (κ3) is 6.26. The van der Waals surface area contributed by atoms with Gasteiger partial charge >= 0.3 is 0 Å². The van der Waals surface area contributed by atoms with Gasteiger partial charge in [-0.1, -0.05) is 72.8 Å². The van der Waals surface area contributed by atoms with Gasteiger partial charge in [-0.05, 0) is 141 Å². The van der Waals surface area contributed by atoms with E-state index in [1.54, 1.807) is 28.4 Å². The number of hydrogen-bond donors (Lipinski definition) is 0. The van der Waals surface area contributed by atoms with Crippen LogP contribution in [0.2, 0.25) is 0 Å². The van der Waals surface area contributed by atoms with Crippen LogP contribution in [0.15, 0.2) is 121 Å². The maximum Gasteiger partial charge on any atom is 0.118 e. The second kappa shape index (κ2) is 13.7. The molecule has 0 fully saturated rings. The van der Waals surface area contributed by atoms with Gasteiger partial charge in [-0.3, -0.25) is 0 Å². The van der Waals surface area contributed by atoms with Crippen LogP contribution in [0.25, 0.3) is 44.5 Å². The van der Waals surface area contributed by atoms with Crippen LogP contribution in [-0.2, 0) is 25.7 Å². The fourth-order valence-electron chi connectivity index (χ4n) is 6.90. The van der Waals surface area contributed by atoms with Crippen LogP contribution >= 0.6 is 0 Å². The Morgan fingerprint density at radius 2 is 0.479 bits per heavy atom. The van der Waals surface area contributed by atoms with Gasteiger partial charge in [0.05, 0.1) is 28.4 Å². The predicted molar refractivity (Wildman–Crippen MR) is 196 cm³/mol. The average Bonchev–Trinajstić information content (AvgIpc) is 3.15. The number of rotatable bonds is 8. The van der Waals surface area contributed by atoms with Gasteiger partial charge in [0, 0.05) is 0 Å². The molecule has 6 aromatic carbocycles. The Morgan fingerprint density at radius 1 is 0.292 bits per heavy atom. The summed E-state index contributed by atoms with van der Waals surface area (Å²) in [6.45, 7) is 0. The average molecular weight is 633 g/mol.